The van der Waals surface area contributed by atoms with E-state index in [-0.39, 0.29) is 5.91 Å². The molecule has 1 aliphatic heterocycles. The molecule has 0 radical (unpaired) electrons. The maximum absolute atomic E-state index is 12.6. The molecule has 2 heterocycles. The number of benzene rings is 2. The average Bonchev–Trinajstić information content (AvgIpc) is 2.85. The highest BCUT2D eigenvalue weighted by Crippen LogP contribution is 2.21. The summed E-state index contributed by atoms with van der Waals surface area (Å²) in [6.45, 7) is 4.70. The molecular formula is C25H28N4O3. The molecule has 7 heteroatoms. The number of para-hydroxylation sites is 1. The third-order valence-electron chi connectivity index (χ3n) is 5.62. The van der Waals surface area contributed by atoms with Crippen molar-refractivity contribution in [3.8, 4) is 11.5 Å². The summed E-state index contributed by atoms with van der Waals surface area (Å²) >= 11 is 0. The van der Waals surface area contributed by atoms with Gasteiger partial charge in [-0.1, -0.05) is 24.3 Å². The Balaban J connectivity index is 1.30. The van der Waals surface area contributed by atoms with Gasteiger partial charge in [0.15, 0.2) is 0 Å². The predicted octanol–water partition coefficient (Wildman–Crippen LogP) is 3.67. The molecule has 0 spiro atoms. The Kier molecular flexibility index (Phi) is 6.87. The molecule has 166 valence electrons. The number of methoxy groups -OCH3 is 2. The molecule has 1 saturated heterocycles. The second-order valence-corrected chi connectivity index (χ2v) is 7.67. The van der Waals surface area contributed by atoms with E-state index in [9.17, 15) is 4.79 Å². The summed E-state index contributed by atoms with van der Waals surface area (Å²) in [5.41, 5.74) is 2.43. The van der Waals surface area contributed by atoms with Crippen molar-refractivity contribution in [1.29, 1.82) is 0 Å². The molecule has 1 aromatic heterocycles. The lowest BCUT2D eigenvalue weighted by Crippen LogP contribution is -2.46. The highest BCUT2D eigenvalue weighted by atomic mass is 16.5. The smallest absolute Gasteiger partial charge is 0.259 e. The van der Waals surface area contributed by atoms with E-state index in [1.54, 1.807) is 32.5 Å². The lowest BCUT2D eigenvalue weighted by molar-refractivity contribution is 0.102. The first-order valence-corrected chi connectivity index (χ1v) is 10.7. The number of rotatable bonds is 7. The van der Waals surface area contributed by atoms with Gasteiger partial charge >= 0.3 is 0 Å². The van der Waals surface area contributed by atoms with Crippen LogP contribution < -0.4 is 19.7 Å². The molecule has 32 heavy (non-hydrogen) atoms. The summed E-state index contributed by atoms with van der Waals surface area (Å²) in [6, 6.07) is 19.2. The summed E-state index contributed by atoms with van der Waals surface area (Å²) in [5.74, 6) is 2.13. The van der Waals surface area contributed by atoms with Gasteiger partial charge in [-0.2, -0.15) is 0 Å². The molecule has 0 atom stereocenters. The number of carbonyl (C=O) groups excluding carboxylic acids is 1. The van der Waals surface area contributed by atoms with Gasteiger partial charge < -0.3 is 19.7 Å². The molecule has 3 aromatic rings. The number of anilines is 2. The van der Waals surface area contributed by atoms with E-state index in [0.29, 0.717) is 17.0 Å². The fourth-order valence-corrected chi connectivity index (χ4v) is 3.80. The third-order valence-corrected chi connectivity index (χ3v) is 5.62. The molecule has 1 amide bonds. The number of ether oxygens (including phenoxy) is 2. The zero-order chi connectivity index (χ0) is 22.3. The Morgan fingerprint density at radius 3 is 2.34 bits per heavy atom. The van der Waals surface area contributed by atoms with Crippen molar-refractivity contribution in [2.45, 2.75) is 6.54 Å². The van der Waals surface area contributed by atoms with Crippen molar-refractivity contribution >= 4 is 17.4 Å². The van der Waals surface area contributed by atoms with Gasteiger partial charge in [0.25, 0.3) is 5.91 Å². The van der Waals surface area contributed by atoms with Gasteiger partial charge in [-0.15, -0.1) is 0 Å². The van der Waals surface area contributed by atoms with Crippen LogP contribution >= 0.6 is 0 Å². The van der Waals surface area contributed by atoms with Crippen LogP contribution in [-0.4, -0.2) is 56.2 Å². The van der Waals surface area contributed by atoms with Crippen molar-refractivity contribution in [2.24, 2.45) is 0 Å². The number of aromatic nitrogens is 1. The van der Waals surface area contributed by atoms with Crippen molar-refractivity contribution in [1.82, 2.24) is 9.88 Å². The second kappa shape index (κ2) is 10.2. The van der Waals surface area contributed by atoms with Gasteiger partial charge in [-0.05, 0) is 42.0 Å². The van der Waals surface area contributed by atoms with E-state index in [4.69, 9.17) is 9.47 Å². The number of hydrogen-bond acceptors (Lipinski definition) is 6. The number of amides is 1. The van der Waals surface area contributed by atoms with Crippen LogP contribution in [0, 0.1) is 0 Å². The second-order valence-electron chi connectivity index (χ2n) is 7.67. The van der Waals surface area contributed by atoms with Crippen molar-refractivity contribution in [2.75, 3.05) is 50.6 Å². The molecule has 0 unspecified atom stereocenters. The van der Waals surface area contributed by atoms with E-state index < -0.39 is 0 Å². The summed E-state index contributed by atoms with van der Waals surface area (Å²) in [7, 11) is 3.24. The van der Waals surface area contributed by atoms with Crippen LogP contribution in [-0.2, 0) is 6.54 Å². The first-order chi connectivity index (χ1) is 15.7. The van der Waals surface area contributed by atoms with Crippen molar-refractivity contribution in [3.05, 3.63) is 78.0 Å². The molecule has 7 nitrogen and oxygen atoms in total. The maximum atomic E-state index is 12.6. The summed E-state index contributed by atoms with van der Waals surface area (Å²) in [6.07, 6.45) is 1.70. The van der Waals surface area contributed by atoms with Crippen LogP contribution in [0.5, 0.6) is 11.5 Å². The Morgan fingerprint density at radius 2 is 1.69 bits per heavy atom. The van der Waals surface area contributed by atoms with Crippen LogP contribution in [0.1, 0.15) is 15.9 Å². The number of pyridine rings is 1. The largest absolute Gasteiger partial charge is 0.497 e. The lowest BCUT2D eigenvalue weighted by Gasteiger charge is -2.35. The number of nitrogens with zero attached hydrogens (tertiary/aromatic N) is 3. The van der Waals surface area contributed by atoms with Gasteiger partial charge in [0, 0.05) is 32.7 Å². The quantitative estimate of drug-likeness (QED) is 0.615. The SMILES string of the molecule is COc1ccc(CN2CCN(c3ccc(NC(=O)c4ccccc4OC)cn3)CC2)cc1. The van der Waals surface area contributed by atoms with Crippen molar-refractivity contribution < 1.29 is 14.3 Å². The summed E-state index contributed by atoms with van der Waals surface area (Å²) < 4.78 is 10.5. The van der Waals surface area contributed by atoms with Crippen LogP contribution in [0.15, 0.2) is 66.9 Å². The standard InChI is InChI=1S/C25H28N4O3/c1-31-21-10-7-19(8-11-21)18-28-13-15-29(16-14-28)24-12-9-20(17-26-24)27-25(30)22-5-3-4-6-23(22)32-2/h3-12,17H,13-16,18H2,1-2H3,(H,27,30). The van der Waals surface area contributed by atoms with Crippen molar-refractivity contribution in [3.63, 3.8) is 0 Å². The number of piperazine rings is 1. The Bertz CT molecular complexity index is 1030. The van der Waals surface area contributed by atoms with Gasteiger partial charge in [0.2, 0.25) is 0 Å². The molecular weight excluding hydrogens is 404 g/mol. The zero-order valence-electron chi connectivity index (χ0n) is 18.5. The lowest BCUT2D eigenvalue weighted by atomic mass is 10.2. The first-order valence-electron chi connectivity index (χ1n) is 10.7. The minimum absolute atomic E-state index is 0.218. The van der Waals surface area contributed by atoms with Gasteiger partial charge in [-0.3, -0.25) is 9.69 Å². The molecule has 0 bridgehead atoms. The zero-order valence-corrected chi connectivity index (χ0v) is 18.5. The van der Waals surface area contributed by atoms with E-state index in [1.165, 1.54) is 5.56 Å². The van der Waals surface area contributed by atoms with E-state index >= 15 is 0 Å². The number of carbonyl (C=O) groups is 1. The molecule has 2 aromatic carbocycles. The Hall–Kier alpha value is -3.58. The Labute approximate surface area is 188 Å². The highest BCUT2D eigenvalue weighted by Gasteiger charge is 2.18. The summed E-state index contributed by atoms with van der Waals surface area (Å²) in [5, 5.41) is 2.89. The van der Waals surface area contributed by atoms with Gasteiger partial charge in [0.05, 0.1) is 31.7 Å². The van der Waals surface area contributed by atoms with Crippen LogP contribution in [0.3, 0.4) is 0 Å². The molecule has 0 saturated carbocycles. The topological polar surface area (TPSA) is 66.9 Å². The minimum Gasteiger partial charge on any atom is -0.497 e. The minimum atomic E-state index is -0.218. The predicted molar refractivity (Wildman–Crippen MR) is 126 cm³/mol. The maximum Gasteiger partial charge on any atom is 0.259 e. The van der Waals surface area contributed by atoms with Crippen LogP contribution in [0.4, 0.5) is 11.5 Å². The number of hydrogen-bond donors (Lipinski definition) is 1. The average molecular weight is 433 g/mol. The van der Waals surface area contributed by atoms with Gasteiger partial charge in [-0.25, -0.2) is 4.98 Å². The van der Waals surface area contributed by atoms with Crippen LogP contribution in [0.25, 0.3) is 0 Å². The van der Waals surface area contributed by atoms with E-state index in [0.717, 1.165) is 44.3 Å². The van der Waals surface area contributed by atoms with Crippen LogP contribution in [0.2, 0.25) is 0 Å². The monoisotopic (exact) mass is 432 g/mol. The molecule has 1 aliphatic rings. The molecule has 4 rings (SSSR count). The fourth-order valence-electron chi connectivity index (χ4n) is 3.80. The van der Waals surface area contributed by atoms with Gasteiger partial charge in [0.1, 0.15) is 17.3 Å². The highest BCUT2D eigenvalue weighted by molar-refractivity contribution is 6.06. The molecule has 1 N–H and O–H groups in total. The first kappa shape index (κ1) is 21.6. The molecule has 0 aliphatic carbocycles. The number of nitrogens with one attached hydrogen (secondary N) is 1. The Morgan fingerprint density at radius 1 is 0.938 bits per heavy atom. The fraction of sp³-hybridized carbons (Fsp3) is 0.280. The normalized spacial score (nSPS) is 14.1. The van der Waals surface area contributed by atoms with E-state index in [2.05, 4.69) is 32.2 Å². The summed E-state index contributed by atoms with van der Waals surface area (Å²) in [4.78, 5) is 21.8. The molecule has 1 fully saturated rings. The third kappa shape index (κ3) is 5.18. The van der Waals surface area contributed by atoms with E-state index in [1.807, 2.05) is 36.4 Å².